The second-order valence-electron chi connectivity index (χ2n) is 1.89. The smallest absolute Gasteiger partial charge is 0.115 e. The fraction of sp³-hybridized carbons (Fsp3) is 1.00. The summed E-state index contributed by atoms with van der Waals surface area (Å²) in [7, 11) is 0. The molecule has 0 aromatic rings. The normalized spacial score (nSPS) is 33.0. The van der Waals surface area contributed by atoms with Crippen LogP contribution < -0.4 is 0 Å². The van der Waals surface area contributed by atoms with Crippen LogP contribution in [0.25, 0.3) is 0 Å². The molecule has 0 amide bonds. The second-order valence-corrected chi connectivity index (χ2v) is 3.87. The summed E-state index contributed by atoms with van der Waals surface area (Å²) in [6, 6.07) is 0. The Morgan fingerprint density at radius 3 is 2.75 bits per heavy atom. The van der Waals surface area contributed by atoms with Gasteiger partial charge in [0.05, 0.1) is 6.10 Å². The Kier molecular flexibility index (Phi) is 2.60. The first-order chi connectivity index (χ1) is 3.80. The number of ether oxygens (including phenoxy) is 1. The molecule has 3 heteroatoms. The molecule has 0 aromatic carbocycles. The molecular weight excluding hydrogens is 191 g/mol. The summed E-state index contributed by atoms with van der Waals surface area (Å²) in [4.78, 5) is 0. The van der Waals surface area contributed by atoms with Crippen LogP contribution >= 0.6 is 27.5 Å². The van der Waals surface area contributed by atoms with Crippen LogP contribution in [0.3, 0.4) is 0 Å². The van der Waals surface area contributed by atoms with Crippen LogP contribution in [0.5, 0.6) is 0 Å². The van der Waals surface area contributed by atoms with E-state index < -0.39 is 0 Å². The fourth-order valence-electron chi connectivity index (χ4n) is 0.801. The Balaban J connectivity index is 2.24. The predicted molar refractivity (Wildman–Crippen MR) is 37.5 cm³/mol. The number of halogens is 2. The minimum atomic E-state index is 0.00463. The van der Waals surface area contributed by atoms with E-state index >= 15 is 0 Å². The van der Waals surface area contributed by atoms with Gasteiger partial charge in [-0.2, -0.15) is 0 Å². The topological polar surface area (TPSA) is 9.23 Å². The minimum absolute atomic E-state index is 0.00463. The van der Waals surface area contributed by atoms with E-state index in [0.717, 1.165) is 19.4 Å². The van der Waals surface area contributed by atoms with E-state index in [-0.39, 0.29) is 10.4 Å². The number of hydrogen-bond donors (Lipinski definition) is 0. The Labute approximate surface area is 62.5 Å². The monoisotopic (exact) mass is 198 g/mol. The summed E-state index contributed by atoms with van der Waals surface area (Å²) in [5, 5.41) is 0. The van der Waals surface area contributed by atoms with Crippen molar-refractivity contribution in [1.82, 2.24) is 0 Å². The zero-order valence-corrected chi connectivity index (χ0v) is 6.78. The van der Waals surface area contributed by atoms with Gasteiger partial charge in [0, 0.05) is 6.61 Å². The van der Waals surface area contributed by atoms with Gasteiger partial charge in [-0.25, -0.2) is 0 Å². The maximum atomic E-state index is 5.68. The van der Waals surface area contributed by atoms with Crippen molar-refractivity contribution in [3.8, 4) is 0 Å². The van der Waals surface area contributed by atoms with Crippen molar-refractivity contribution in [3.63, 3.8) is 0 Å². The third kappa shape index (κ3) is 1.61. The van der Waals surface area contributed by atoms with Gasteiger partial charge in [-0.15, -0.1) is 11.6 Å². The lowest BCUT2D eigenvalue weighted by molar-refractivity contribution is 0.123. The Bertz CT molecular complexity index is 70.8. The van der Waals surface area contributed by atoms with Gasteiger partial charge in [0.1, 0.15) is 4.29 Å². The average molecular weight is 199 g/mol. The van der Waals surface area contributed by atoms with Gasteiger partial charge in [-0.1, -0.05) is 15.9 Å². The largest absolute Gasteiger partial charge is 0.376 e. The summed E-state index contributed by atoms with van der Waals surface area (Å²) >= 11 is 8.92. The summed E-state index contributed by atoms with van der Waals surface area (Å²) in [6.45, 7) is 0.874. The summed E-state index contributed by atoms with van der Waals surface area (Å²) in [6.07, 6.45) is 2.50. The van der Waals surface area contributed by atoms with Crippen LogP contribution in [0.4, 0.5) is 0 Å². The highest BCUT2D eigenvalue weighted by Crippen LogP contribution is 2.22. The molecule has 0 aromatic heterocycles. The predicted octanol–water partition coefficient (Wildman–Crippen LogP) is 2.13. The molecule has 1 heterocycles. The molecule has 1 aliphatic rings. The Morgan fingerprint density at radius 1 is 1.75 bits per heavy atom. The molecule has 1 saturated heterocycles. The van der Waals surface area contributed by atoms with Crippen molar-refractivity contribution >= 4 is 27.5 Å². The van der Waals surface area contributed by atoms with Crippen LogP contribution in [0.15, 0.2) is 0 Å². The van der Waals surface area contributed by atoms with E-state index in [2.05, 4.69) is 15.9 Å². The van der Waals surface area contributed by atoms with Crippen LogP contribution in [0.1, 0.15) is 12.8 Å². The third-order valence-electron chi connectivity index (χ3n) is 1.25. The highest BCUT2D eigenvalue weighted by Gasteiger charge is 2.21. The molecule has 1 aliphatic heterocycles. The molecule has 48 valence electrons. The zero-order chi connectivity index (χ0) is 5.98. The maximum absolute atomic E-state index is 5.68. The molecule has 0 saturated carbocycles. The van der Waals surface area contributed by atoms with Crippen molar-refractivity contribution < 1.29 is 4.74 Å². The first-order valence-corrected chi connectivity index (χ1v) is 4.05. The van der Waals surface area contributed by atoms with Gasteiger partial charge in [0.15, 0.2) is 0 Å². The van der Waals surface area contributed by atoms with E-state index in [1.54, 1.807) is 0 Å². The summed E-state index contributed by atoms with van der Waals surface area (Å²) in [5.41, 5.74) is 0. The highest BCUT2D eigenvalue weighted by atomic mass is 79.9. The molecule has 8 heavy (non-hydrogen) atoms. The van der Waals surface area contributed by atoms with E-state index in [1.165, 1.54) is 0 Å². The van der Waals surface area contributed by atoms with Crippen molar-refractivity contribution in [1.29, 1.82) is 0 Å². The van der Waals surface area contributed by atoms with Gasteiger partial charge in [0.25, 0.3) is 0 Å². The molecule has 0 bridgehead atoms. The van der Waals surface area contributed by atoms with E-state index in [0.29, 0.717) is 0 Å². The van der Waals surface area contributed by atoms with Gasteiger partial charge in [0.2, 0.25) is 0 Å². The standard InChI is InChI=1S/C5H8BrClO/c6-5(7)4-2-1-3-8-4/h4-5H,1-3H2. The quantitative estimate of drug-likeness (QED) is 0.588. The van der Waals surface area contributed by atoms with E-state index in [9.17, 15) is 0 Å². The lowest BCUT2D eigenvalue weighted by atomic mass is 10.3. The van der Waals surface area contributed by atoms with Crippen molar-refractivity contribution in [3.05, 3.63) is 0 Å². The highest BCUT2D eigenvalue weighted by molar-refractivity contribution is 9.10. The molecule has 2 atom stereocenters. The van der Waals surface area contributed by atoms with Crippen LogP contribution in [0, 0.1) is 0 Å². The fourth-order valence-corrected chi connectivity index (χ4v) is 1.42. The van der Waals surface area contributed by atoms with Crippen molar-refractivity contribution in [2.45, 2.75) is 23.2 Å². The Morgan fingerprint density at radius 2 is 2.50 bits per heavy atom. The molecule has 0 spiro atoms. The molecule has 1 fully saturated rings. The van der Waals surface area contributed by atoms with E-state index in [1.807, 2.05) is 0 Å². The van der Waals surface area contributed by atoms with Crippen LogP contribution in [-0.4, -0.2) is 17.0 Å². The molecular formula is C5H8BrClO. The molecule has 1 rings (SSSR count). The van der Waals surface area contributed by atoms with Crippen molar-refractivity contribution in [2.75, 3.05) is 6.61 Å². The van der Waals surface area contributed by atoms with Gasteiger partial charge in [-0.3, -0.25) is 0 Å². The first kappa shape index (κ1) is 6.84. The number of rotatable bonds is 1. The average Bonchev–Trinajstić information content (AvgIpc) is 2.12. The maximum Gasteiger partial charge on any atom is 0.115 e. The van der Waals surface area contributed by atoms with Gasteiger partial charge in [-0.05, 0) is 12.8 Å². The van der Waals surface area contributed by atoms with Crippen LogP contribution in [0.2, 0.25) is 0 Å². The zero-order valence-electron chi connectivity index (χ0n) is 4.44. The molecule has 0 radical (unpaired) electrons. The molecule has 2 unspecified atom stereocenters. The lowest BCUT2D eigenvalue weighted by Gasteiger charge is -2.07. The second kappa shape index (κ2) is 3.04. The molecule has 0 aliphatic carbocycles. The van der Waals surface area contributed by atoms with Crippen molar-refractivity contribution in [2.24, 2.45) is 0 Å². The Hall–Kier alpha value is 0.730. The summed E-state index contributed by atoms with van der Waals surface area (Å²) in [5.74, 6) is 0. The van der Waals surface area contributed by atoms with E-state index in [4.69, 9.17) is 16.3 Å². The minimum Gasteiger partial charge on any atom is -0.376 e. The molecule has 0 N–H and O–H groups in total. The van der Waals surface area contributed by atoms with Gasteiger partial charge >= 0.3 is 0 Å². The number of hydrogen-bond acceptors (Lipinski definition) is 1. The van der Waals surface area contributed by atoms with Crippen LogP contribution in [-0.2, 0) is 4.74 Å². The SMILES string of the molecule is ClC(Br)C1CCCO1. The third-order valence-corrected chi connectivity index (χ3v) is 2.12. The van der Waals surface area contributed by atoms with Gasteiger partial charge < -0.3 is 4.74 Å². The number of alkyl halides is 2. The summed E-state index contributed by atoms with van der Waals surface area (Å²) < 4.78 is 5.24. The lowest BCUT2D eigenvalue weighted by Crippen LogP contribution is -2.12. The first-order valence-electron chi connectivity index (χ1n) is 2.70. The molecule has 1 nitrogen and oxygen atoms in total.